The van der Waals surface area contributed by atoms with Crippen LogP contribution in [-0.4, -0.2) is 49.8 Å². The molecule has 11 heteroatoms. The second-order valence-electron chi connectivity index (χ2n) is 9.17. The Morgan fingerprint density at radius 2 is 1.94 bits per heavy atom. The van der Waals surface area contributed by atoms with Gasteiger partial charge in [0.25, 0.3) is 0 Å². The van der Waals surface area contributed by atoms with Crippen LogP contribution in [-0.2, 0) is 14.6 Å². The van der Waals surface area contributed by atoms with Gasteiger partial charge in [0, 0.05) is 30.8 Å². The Morgan fingerprint density at radius 3 is 2.72 bits per heavy atom. The molecule has 36 heavy (non-hydrogen) atoms. The van der Waals surface area contributed by atoms with E-state index in [0.29, 0.717) is 28.5 Å². The number of sulfone groups is 1. The van der Waals surface area contributed by atoms with E-state index in [2.05, 4.69) is 20.5 Å². The van der Waals surface area contributed by atoms with E-state index in [1.165, 1.54) is 6.26 Å². The second-order valence-corrected chi connectivity index (χ2v) is 11.2. The number of anilines is 1. The van der Waals surface area contributed by atoms with Crippen LogP contribution in [0.15, 0.2) is 66.0 Å². The minimum absolute atomic E-state index is 0.00130. The Labute approximate surface area is 206 Å². The molecular formula is C25H23N7O3S. The van der Waals surface area contributed by atoms with Gasteiger partial charge in [0.1, 0.15) is 5.82 Å². The van der Waals surface area contributed by atoms with Crippen molar-refractivity contribution in [2.24, 2.45) is 5.92 Å². The molecule has 1 N–H and O–H groups in total. The molecule has 1 saturated carbocycles. The van der Waals surface area contributed by atoms with Gasteiger partial charge in [-0.3, -0.25) is 9.20 Å². The van der Waals surface area contributed by atoms with Crippen molar-refractivity contribution >= 4 is 32.7 Å². The molecule has 4 heterocycles. The largest absolute Gasteiger partial charge is 0.323 e. The van der Waals surface area contributed by atoms with E-state index in [4.69, 9.17) is 5.10 Å². The molecule has 1 amide bonds. The second kappa shape index (κ2) is 8.23. The van der Waals surface area contributed by atoms with Crippen molar-refractivity contribution in [1.29, 1.82) is 0 Å². The molecule has 1 atom stereocenters. The van der Waals surface area contributed by atoms with Crippen LogP contribution in [0.4, 0.5) is 5.69 Å². The van der Waals surface area contributed by atoms with Crippen LogP contribution >= 0.6 is 0 Å². The predicted octanol–water partition coefficient (Wildman–Crippen LogP) is 3.34. The number of imidazole rings is 1. The standard InChI is InChI=1S/C25H23N7O3S/c1-15(20-13-21(27-25(33)16-6-7-16)24-26-10-11-32(24)30-20)23-29-28-22-9-8-18(14-31(22)23)17-4-3-5-19(12-17)36(2,34)35/h3-5,8-16H,6-7H2,1-2H3,(H,27,33). The quantitative estimate of drug-likeness (QED) is 0.378. The van der Waals surface area contributed by atoms with E-state index in [1.807, 2.05) is 41.8 Å². The third kappa shape index (κ3) is 4.01. The Balaban J connectivity index is 1.40. The first kappa shape index (κ1) is 22.4. The zero-order chi connectivity index (χ0) is 25.0. The van der Waals surface area contributed by atoms with Gasteiger partial charge in [0.15, 0.2) is 21.1 Å². The molecule has 10 nitrogen and oxygen atoms in total. The smallest absolute Gasteiger partial charge is 0.227 e. The van der Waals surface area contributed by atoms with E-state index in [0.717, 1.165) is 24.0 Å². The summed E-state index contributed by atoms with van der Waals surface area (Å²) in [6.07, 6.45) is 8.30. The normalized spacial score (nSPS) is 14.8. The molecule has 0 radical (unpaired) electrons. The van der Waals surface area contributed by atoms with Gasteiger partial charge in [0.2, 0.25) is 5.91 Å². The van der Waals surface area contributed by atoms with Crippen molar-refractivity contribution in [3.8, 4) is 11.1 Å². The highest BCUT2D eigenvalue weighted by Crippen LogP contribution is 2.32. The molecule has 1 aromatic carbocycles. The number of hydrogen-bond acceptors (Lipinski definition) is 7. The molecule has 0 spiro atoms. The van der Waals surface area contributed by atoms with Gasteiger partial charge in [-0.15, -0.1) is 10.2 Å². The van der Waals surface area contributed by atoms with Gasteiger partial charge in [0.05, 0.1) is 22.2 Å². The average Bonchev–Trinajstić information content (AvgIpc) is 3.46. The fourth-order valence-electron chi connectivity index (χ4n) is 4.23. The van der Waals surface area contributed by atoms with Crippen LogP contribution in [0.5, 0.6) is 0 Å². The SMILES string of the molecule is CC(c1cc(NC(=O)C2CC2)c2nccn2n1)c1nnc2ccc(-c3cccc(S(C)(=O)=O)c3)cn12. The fraction of sp³-hybridized carbons (Fsp3) is 0.240. The lowest BCUT2D eigenvalue weighted by atomic mass is 10.1. The number of benzene rings is 1. The minimum atomic E-state index is -3.33. The van der Waals surface area contributed by atoms with Crippen LogP contribution in [0.3, 0.4) is 0 Å². The number of carbonyl (C=O) groups is 1. The highest BCUT2D eigenvalue weighted by atomic mass is 32.2. The number of rotatable bonds is 6. The maximum Gasteiger partial charge on any atom is 0.227 e. The maximum absolute atomic E-state index is 12.5. The van der Waals surface area contributed by atoms with Crippen molar-refractivity contribution in [3.05, 3.63) is 72.6 Å². The predicted molar refractivity (Wildman–Crippen MR) is 133 cm³/mol. The zero-order valence-corrected chi connectivity index (χ0v) is 20.5. The van der Waals surface area contributed by atoms with E-state index >= 15 is 0 Å². The lowest BCUT2D eigenvalue weighted by Crippen LogP contribution is -2.16. The molecule has 1 aliphatic rings. The summed E-state index contributed by atoms with van der Waals surface area (Å²) in [7, 11) is -3.33. The van der Waals surface area contributed by atoms with Crippen molar-refractivity contribution in [2.45, 2.75) is 30.6 Å². The van der Waals surface area contributed by atoms with Crippen LogP contribution < -0.4 is 5.32 Å². The van der Waals surface area contributed by atoms with Crippen LogP contribution in [0.2, 0.25) is 0 Å². The average molecular weight is 502 g/mol. The lowest BCUT2D eigenvalue weighted by molar-refractivity contribution is -0.117. The summed E-state index contributed by atoms with van der Waals surface area (Å²) in [5, 5.41) is 16.4. The first-order valence-electron chi connectivity index (χ1n) is 11.6. The van der Waals surface area contributed by atoms with Crippen molar-refractivity contribution < 1.29 is 13.2 Å². The number of carbonyl (C=O) groups excluding carboxylic acids is 1. The van der Waals surface area contributed by atoms with Crippen molar-refractivity contribution in [1.82, 2.24) is 29.2 Å². The van der Waals surface area contributed by atoms with E-state index in [-0.39, 0.29) is 22.6 Å². The topological polar surface area (TPSA) is 124 Å². The van der Waals surface area contributed by atoms with E-state index in [1.54, 1.807) is 35.1 Å². The molecule has 4 aromatic heterocycles. The summed E-state index contributed by atoms with van der Waals surface area (Å²) < 4.78 is 27.6. The van der Waals surface area contributed by atoms with Gasteiger partial charge in [-0.2, -0.15) is 5.10 Å². The number of nitrogens with one attached hydrogen (secondary N) is 1. The third-order valence-electron chi connectivity index (χ3n) is 6.44. The van der Waals surface area contributed by atoms with E-state index in [9.17, 15) is 13.2 Å². The highest BCUT2D eigenvalue weighted by Gasteiger charge is 2.30. The van der Waals surface area contributed by atoms with E-state index < -0.39 is 9.84 Å². The zero-order valence-electron chi connectivity index (χ0n) is 19.7. The third-order valence-corrected chi connectivity index (χ3v) is 7.55. The van der Waals surface area contributed by atoms with Crippen molar-refractivity contribution in [2.75, 3.05) is 11.6 Å². The molecule has 1 unspecified atom stereocenters. The minimum Gasteiger partial charge on any atom is -0.323 e. The number of amides is 1. The molecular weight excluding hydrogens is 478 g/mol. The van der Waals surface area contributed by atoms with Crippen LogP contribution in [0.25, 0.3) is 22.4 Å². The Hall–Kier alpha value is -4.12. The van der Waals surface area contributed by atoms with Crippen molar-refractivity contribution in [3.63, 3.8) is 0 Å². The van der Waals surface area contributed by atoms with Gasteiger partial charge < -0.3 is 5.32 Å². The van der Waals surface area contributed by atoms with Gasteiger partial charge in [-0.25, -0.2) is 17.9 Å². The Bertz CT molecular complexity index is 1750. The number of pyridine rings is 1. The summed E-state index contributed by atoms with van der Waals surface area (Å²) >= 11 is 0. The maximum atomic E-state index is 12.5. The molecule has 182 valence electrons. The molecule has 0 aliphatic heterocycles. The highest BCUT2D eigenvalue weighted by molar-refractivity contribution is 7.90. The summed E-state index contributed by atoms with van der Waals surface area (Å²) in [6.45, 7) is 1.98. The molecule has 0 bridgehead atoms. The Kier molecular flexibility index (Phi) is 5.11. The molecule has 0 saturated heterocycles. The lowest BCUT2D eigenvalue weighted by Gasteiger charge is -2.13. The molecule has 6 rings (SSSR count). The summed E-state index contributed by atoms with van der Waals surface area (Å²) in [6, 6.07) is 12.4. The Morgan fingerprint density at radius 1 is 1.11 bits per heavy atom. The molecule has 5 aromatic rings. The number of aromatic nitrogens is 6. The molecule has 1 aliphatic carbocycles. The first-order chi connectivity index (χ1) is 17.3. The first-order valence-corrected chi connectivity index (χ1v) is 13.5. The fourth-order valence-corrected chi connectivity index (χ4v) is 4.90. The summed E-state index contributed by atoms with van der Waals surface area (Å²) in [5.41, 5.74) is 4.16. The number of hydrogen-bond donors (Lipinski definition) is 1. The molecule has 1 fully saturated rings. The summed E-state index contributed by atoms with van der Waals surface area (Å²) in [5.74, 6) is 0.464. The van der Waals surface area contributed by atoms with Gasteiger partial charge in [-0.1, -0.05) is 12.1 Å². The van der Waals surface area contributed by atoms with Gasteiger partial charge >= 0.3 is 0 Å². The number of nitrogens with zero attached hydrogens (tertiary/aromatic N) is 6. The summed E-state index contributed by atoms with van der Waals surface area (Å²) in [4.78, 5) is 17.1. The van der Waals surface area contributed by atoms with Crippen LogP contribution in [0, 0.1) is 5.92 Å². The van der Waals surface area contributed by atoms with Gasteiger partial charge in [-0.05, 0) is 61.2 Å². The number of fused-ring (bicyclic) bond motifs is 2. The van der Waals surface area contributed by atoms with Crippen LogP contribution in [0.1, 0.15) is 37.2 Å². The monoisotopic (exact) mass is 501 g/mol.